The first-order valence-electron chi connectivity index (χ1n) is 8.77. The van der Waals surface area contributed by atoms with Gasteiger partial charge in [-0.1, -0.05) is 42.0 Å². The van der Waals surface area contributed by atoms with Crippen LogP contribution in [0, 0.1) is 6.92 Å². The third-order valence-corrected chi connectivity index (χ3v) is 4.66. The number of nitrogens with one attached hydrogen (secondary N) is 1. The summed E-state index contributed by atoms with van der Waals surface area (Å²) in [6, 6.07) is 14.6. The van der Waals surface area contributed by atoms with Gasteiger partial charge in [-0.25, -0.2) is 0 Å². The number of nitrogens with zero attached hydrogens (tertiary/aromatic N) is 1. The van der Waals surface area contributed by atoms with Crippen molar-refractivity contribution < 1.29 is 9.53 Å². The van der Waals surface area contributed by atoms with Gasteiger partial charge < -0.3 is 15.0 Å². The highest BCUT2D eigenvalue weighted by Gasteiger charge is 2.19. The van der Waals surface area contributed by atoms with E-state index in [0.29, 0.717) is 13.0 Å². The Labute approximate surface area is 149 Å². The largest absolute Gasteiger partial charge is 0.493 e. The summed E-state index contributed by atoms with van der Waals surface area (Å²) in [7, 11) is 4.09. The van der Waals surface area contributed by atoms with E-state index in [1.54, 1.807) is 0 Å². The highest BCUT2D eigenvalue weighted by atomic mass is 16.5. The Hall–Kier alpha value is -2.33. The molecule has 1 amide bonds. The van der Waals surface area contributed by atoms with E-state index in [4.69, 9.17) is 4.74 Å². The molecule has 1 heterocycles. The minimum atomic E-state index is 0.0574. The molecule has 4 nitrogen and oxygen atoms in total. The lowest BCUT2D eigenvalue weighted by Crippen LogP contribution is -2.35. The van der Waals surface area contributed by atoms with Gasteiger partial charge in [0.2, 0.25) is 5.91 Å². The van der Waals surface area contributed by atoms with Crippen molar-refractivity contribution in [1.82, 2.24) is 10.2 Å². The number of fused-ring (bicyclic) bond motifs is 1. The van der Waals surface area contributed by atoms with E-state index in [1.165, 1.54) is 16.7 Å². The van der Waals surface area contributed by atoms with Crippen LogP contribution in [0.3, 0.4) is 0 Å². The number of rotatable bonds is 6. The molecule has 0 bridgehead atoms. The Kier molecular flexibility index (Phi) is 5.39. The molecular weight excluding hydrogens is 312 g/mol. The molecule has 25 heavy (non-hydrogen) atoms. The predicted molar refractivity (Wildman–Crippen MR) is 100.0 cm³/mol. The van der Waals surface area contributed by atoms with Gasteiger partial charge in [-0.2, -0.15) is 0 Å². The standard InChI is InChI=1S/C21H26N2O2/c1-15-5-4-6-16(11-15)12-21(24)22-14-19(23(2)3)17-7-8-20-18(13-17)9-10-25-20/h4-8,11,13,19H,9-10,12,14H2,1-3H3,(H,22,24). The van der Waals surface area contributed by atoms with Crippen molar-refractivity contribution in [3.63, 3.8) is 0 Å². The lowest BCUT2D eigenvalue weighted by Gasteiger charge is -2.25. The molecule has 0 aromatic heterocycles. The van der Waals surface area contributed by atoms with Gasteiger partial charge in [0.1, 0.15) is 5.75 Å². The Morgan fingerprint density at radius 1 is 1.24 bits per heavy atom. The molecule has 0 radical (unpaired) electrons. The third kappa shape index (κ3) is 4.40. The molecule has 0 saturated heterocycles. The van der Waals surface area contributed by atoms with E-state index in [9.17, 15) is 4.79 Å². The molecule has 2 aromatic rings. The summed E-state index contributed by atoms with van der Waals surface area (Å²) in [6.07, 6.45) is 1.38. The normalized spacial score (nSPS) is 14.1. The van der Waals surface area contributed by atoms with Crippen molar-refractivity contribution in [3.8, 4) is 5.75 Å². The lowest BCUT2D eigenvalue weighted by atomic mass is 10.0. The van der Waals surface area contributed by atoms with Gasteiger partial charge in [0, 0.05) is 13.0 Å². The molecule has 4 heteroatoms. The first kappa shape index (κ1) is 17.5. The van der Waals surface area contributed by atoms with Crippen molar-refractivity contribution in [2.24, 2.45) is 0 Å². The van der Waals surface area contributed by atoms with Crippen molar-refractivity contribution in [2.45, 2.75) is 25.8 Å². The highest BCUT2D eigenvalue weighted by Crippen LogP contribution is 2.29. The number of likely N-dealkylation sites (N-methyl/N-ethyl adjacent to an activating group) is 1. The molecular formula is C21H26N2O2. The van der Waals surface area contributed by atoms with Gasteiger partial charge in [0.15, 0.2) is 0 Å². The van der Waals surface area contributed by atoms with Crippen LogP contribution in [-0.4, -0.2) is 38.1 Å². The van der Waals surface area contributed by atoms with Crippen LogP contribution in [0.4, 0.5) is 0 Å². The second-order valence-electron chi connectivity index (χ2n) is 6.91. The van der Waals surface area contributed by atoms with Crippen LogP contribution in [0.25, 0.3) is 0 Å². The third-order valence-electron chi connectivity index (χ3n) is 4.66. The number of ether oxygens (including phenoxy) is 1. The van der Waals surface area contributed by atoms with Gasteiger partial charge in [-0.05, 0) is 43.8 Å². The molecule has 0 aliphatic carbocycles. The summed E-state index contributed by atoms with van der Waals surface area (Å²) >= 11 is 0. The smallest absolute Gasteiger partial charge is 0.224 e. The van der Waals surface area contributed by atoms with E-state index in [0.717, 1.165) is 24.3 Å². The molecule has 1 N–H and O–H groups in total. The van der Waals surface area contributed by atoms with Gasteiger partial charge in [0.25, 0.3) is 0 Å². The van der Waals surface area contributed by atoms with Crippen LogP contribution in [0.1, 0.15) is 28.3 Å². The van der Waals surface area contributed by atoms with Gasteiger partial charge >= 0.3 is 0 Å². The summed E-state index contributed by atoms with van der Waals surface area (Å²) in [5.74, 6) is 1.05. The molecule has 3 rings (SSSR count). The molecule has 2 aromatic carbocycles. The van der Waals surface area contributed by atoms with E-state index >= 15 is 0 Å². The number of hydrogen-bond donors (Lipinski definition) is 1. The molecule has 0 spiro atoms. The molecule has 1 unspecified atom stereocenters. The average Bonchev–Trinajstić information content (AvgIpc) is 3.02. The van der Waals surface area contributed by atoms with Gasteiger partial charge in [-0.15, -0.1) is 0 Å². The number of benzene rings is 2. The SMILES string of the molecule is Cc1cccc(CC(=O)NCC(c2ccc3c(c2)CCO3)N(C)C)c1. The minimum Gasteiger partial charge on any atom is -0.493 e. The fourth-order valence-corrected chi connectivity index (χ4v) is 3.29. The Bertz CT molecular complexity index is 755. The van der Waals surface area contributed by atoms with Crippen LogP contribution >= 0.6 is 0 Å². The van der Waals surface area contributed by atoms with E-state index < -0.39 is 0 Å². The van der Waals surface area contributed by atoms with Crippen molar-refractivity contribution in [3.05, 3.63) is 64.7 Å². The zero-order chi connectivity index (χ0) is 17.8. The fourth-order valence-electron chi connectivity index (χ4n) is 3.29. The Balaban J connectivity index is 1.63. The molecule has 0 fully saturated rings. The maximum absolute atomic E-state index is 12.3. The fraction of sp³-hybridized carbons (Fsp3) is 0.381. The first-order valence-corrected chi connectivity index (χ1v) is 8.77. The maximum atomic E-state index is 12.3. The van der Waals surface area contributed by atoms with Crippen LogP contribution in [0.2, 0.25) is 0 Å². The zero-order valence-corrected chi connectivity index (χ0v) is 15.2. The number of carbonyl (C=O) groups excluding carboxylic acids is 1. The first-order chi connectivity index (χ1) is 12.0. The van der Waals surface area contributed by atoms with Crippen LogP contribution in [0.15, 0.2) is 42.5 Å². The maximum Gasteiger partial charge on any atom is 0.224 e. The topological polar surface area (TPSA) is 41.6 Å². The van der Waals surface area contributed by atoms with Crippen LogP contribution in [0.5, 0.6) is 5.75 Å². The Morgan fingerprint density at radius 3 is 2.84 bits per heavy atom. The molecule has 1 aliphatic rings. The average molecular weight is 338 g/mol. The van der Waals surface area contributed by atoms with Crippen LogP contribution < -0.4 is 10.1 Å². The van der Waals surface area contributed by atoms with Crippen molar-refractivity contribution in [1.29, 1.82) is 0 Å². The van der Waals surface area contributed by atoms with Crippen molar-refractivity contribution in [2.75, 3.05) is 27.2 Å². The number of carbonyl (C=O) groups is 1. The second-order valence-corrected chi connectivity index (χ2v) is 6.91. The van der Waals surface area contributed by atoms with E-state index in [2.05, 4.69) is 28.4 Å². The number of hydrogen-bond acceptors (Lipinski definition) is 3. The Morgan fingerprint density at radius 2 is 2.08 bits per heavy atom. The summed E-state index contributed by atoms with van der Waals surface area (Å²) in [5, 5.41) is 3.09. The minimum absolute atomic E-state index is 0.0574. The summed E-state index contributed by atoms with van der Waals surface area (Å²) in [4.78, 5) is 14.5. The van der Waals surface area contributed by atoms with Crippen molar-refractivity contribution >= 4 is 5.91 Å². The molecule has 132 valence electrons. The predicted octanol–water partition coefficient (Wildman–Crippen LogP) is 2.89. The monoisotopic (exact) mass is 338 g/mol. The van der Waals surface area contributed by atoms with Gasteiger partial charge in [0.05, 0.1) is 19.1 Å². The summed E-state index contributed by atoms with van der Waals surface area (Å²) in [5.41, 5.74) is 4.70. The number of aryl methyl sites for hydroxylation is 1. The molecule has 1 atom stereocenters. The molecule has 1 aliphatic heterocycles. The highest BCUT2D eigenvalue weighted by molar-refractivity contribution is 5.78. The quantitative estimate of drug-likeness (QED) is 0.880. The summed E-state index contributed by atoms with van der Waals surface area (Å²) in [6.45, 7) is 3.40. The zero-order valence-electron chi connectivity index (χ0n) is 15.2. The lowest BCUT2D eigenvalue weighted by molar-refractivity contribution is -0.120. The summed E-state index contributed by atoms with van der Waals surface area (Å²) < 4.78 is 5.58. The number of amides is 1. The van der Waals surface area contributed by atoms with E-state index in [1.807, 2.05) is 45.3 Å². The second kappa shape index (κ2) is 7.70. The van der Waals surface area contributed by atoms with Crippen LogP contribution in [-0.2, 0) is 17.6 Å². The molecule has 0 saturated carbocycles. The van der Waals surface area contributed by atoms with Gasteiger partial charge in [-0.3, -0.25) is 4.79 Å². The van der Waals surface area contributed by atoms with E-state index in [-0.39, 0.29) is 11.9 Å².